The third-order valence-corrected chi connectivity index (χ3v) is 3.03. The smallest absolute Gasteiger partial charge is 0.242 e. The van der Waals surface area contributed by atoms with Crippen molar-refractivity contribution >= 4 is 11.8 Å². The second-order valence-corrected chi connectivity index (χ2v) is 4.29. The average Bonchev–Trinajstić information content (AvgIpc) is 2.84. The zero-order chi connectivity index (χ0) is 12.4. The maximum absolute atomic E-state index is 11.8. The van der Waals surface area contributed by atoms with Gasteiger partial charge >= 0.3 is 0 Å². The predicted octanol–water partition coefficient (Wildman–Crippen LogP) is -0.0787. The number of aromatic amines is 1. The van der Waals surface area contributed by atoms with Crippen molar-refractivity contribution in [2.24, 2.45) is 0 Å². The lowest BCUT2D eigenvalue weighted by Crippen LogP contribution is -2.41. The van der Waals surface area contributed by atoms with Crippen LogP contribution in [-0.4, -0.2) is 28.1 Å². The Morgan fingerprint density at radius 1 is 1.53 bits per heavy atom. The van der Waals surface area contributed by atoms with Gasteiger partial charge in [0.1, 0.15) is 6.04 Å². The first-order chi connectivity index (χ1) is 8.08. The van der Waals surface area contributed by atoms with Gasteiger partial charge in [0.25, 0.3) is 0 Å². The predicted molar refractivity (Wildman–Crippen MR) is 61.1 cm³/mol. The van der Waals surface area contributed by atoms with Crippen molar-refractivity contribution in [1.82, 2.24) is 20.8 Å². The van der Waals surface area contributed by atoms with Crippen LogP contribution in [0, 0.1) is 13.8 Å². The molecular weight excluding hydrogens is 220 g/mol. The van der Waals surface area contributed by atoms with E-state index in [-0.39, 0.29) is 17.9 Å². The van der Waals surface area contributed by atoms with Crippen LogP contribution in [0.15, 0.2) is 0 Å². The zero-order valence-corrected chi connectivity index (χ0v) is 9.96. The van der Waals surface area contributed by atoms with Crippen LogP contribution in [0.3, 0.4) is 0 Å². The van der Waals surface area contributed by atoms with Gasteiger partial charge < -0.3 is 10.6 Å². The van der Waals surface area contributed by atoms with E-state index in [9.17, 15) is 9.59 Å². The number of nitrogens with zero attached hydrogens (tertiary/aromatic N) is 1. The van der Waals surface area contributed by atoms with E-state index < -0.39 is 0 Å². The lowest BCUT2D eigenvalue weighted by atomic mass is 10.2. The summed E-state index contributed by atoms with van der Waals surface area (Å²) >= 11 is 0. The molecule has 1 aliphatic heterocycles. The van der Waals surface area contributed by atoms with Gasteiger partial charge in [0, 0.05) is 24.2 Å². The van der Waals surface area contributed by atoms with Gasteiger partial charge in [-0.25, -0.2) is 0 Å². The lowest BCUT2D eigenvalue weighted by molar-refractivity contribution is -0.125. The maximum Gasteiger partial charge on any atom is 0.242 e. The van der Waals surface area contributed by atoms with Crippen LogP contribution in [-0.2, 0) is 16.1 Å². The molecule has 0 saturated carbocycles. The summed E-state index contributed by atoms with van der Waals surface area (Å²) < 4.78 is 0. The molecule has 0 spiro atoms. The SMILES string of the molecule is Cc1n[nH]c(C)c1CNC(=O)C1CCC(=O)N1. The topological polar surface area (TPSA) is 86.9 Å². The fraction of sp³-hybridized carbons (Fsp3) is 0.545. The van der Waals surface area contributed by atoms with E-state index in [1.165, 1.54) is 0 Å². The van der Waals surface area contributed by atoms with Gasteiger partial charge in [-0.15, -0.1) is 0 Å². The van der Waals surface area contributed by atoms with E-state index in [0.29, 0.717) is 19.4 Å². The lowest BCUT2D eigenvalue weighted by Gasteiger charge is -2.10. The summed E-state index contributed by atoms with van der Waals surface area (Å²) in [5, 5.41) is 12.4. The first-order valence-corrected chi connectivity index (χ1v) is 5.65. The number of nitrogens with one attached hydrogen (secondary N) is 3. The Morgan fingerprint density at radius 2 is 2.29 bits per heavy atom. The van der Waals surface area contributed by atoms with Crippen LogP contribution < -0.4 is 10.6 Å². The molecule has 1 aromatic rings. The number of hydrogen-bond donors (Lipinski definition) is 3. The van der Waals surface area contributed by atoms with E-state index in [4.69, 9.17) is 0 Å². The van der Waals surface area contributed by atoms with Crippen LogP contribution >= 0.6 is 0 Å². The number of H-pyrrole nitrogens is 1. The molecule has 17 heavy (non-hydrogen) atoms. The molecule has 2 rings (SSSR count). The molecule has 0 aliphatic carbocycles. The van der Waals surface area contributed by atoms with Gasteiger partial charge in [0.05, 0.1) is 5.69 Å². The average molecular weight is 236 g/mol. The van der Waals surface area contributed by atoms with Gasteiger partial charge in [-0.2, -0.15) is 5.10 Å². The molecule has 6 nitrogen and oxygen atoms in total. The van der Waals surface area contributed by atoms with Crippen LogP contribution in [0.1, 0.15) is 29.8 Å². The van der Waals surface area contributed by atoms with E-state index in [0.717, 1.165) is 17.0 Å². The summed E-state index contributed by atoms with van der Waals surface area (Å²) in [5.41, 5.74) is 2.85. The first kappa shape index (κ1) is 11.6. The highest BCUT2D eigenvalue weighted by molar-refractivity contribution is 5.90. The van der Waals surface area contributed by atoms with Crippen molar-refractivity contribution in [3.63, 3.8) is 0 Å². The zero-order valence-electron chi connectivity index (χ0n) is 9.96. The second-order valence-electron chi connectivity index (χ2n) is 4.29. The minimum atomic E-state index is -0.380. The summed E-state index contributed by atoms with van der Waals surface area (Å²) in [6, 6.07) is -0.380. The van der Waals surface area contributed by atoms with Gasteiger partial charge in [0.2, 0.25) is 11.8 Å². The number of aromatic nitrogens is 2. The van der Waals surface area contributed by atoms with Crippen molar-refractivity contribution in [3.8, 4) is 0 Å². The van der Waals surface area contributed by atoms with Crippen molar-refractivity contribution < 1.29 is 9.59 Å². The van der Waals surface area contributed by atoms with E-state index in [1.807, 2.05) is 13.8 Å². The molecule has 2 amide bonds. The third-order valence-electron chi connectivity index (χ3n) is 3.03. The summed E-state index contributed by atoms with van der Waals surface area (Å²) in [4.78, 5) is 22.7. The number of carbonyl (C=O) groups excluding carboxylic acids is 2. The number of hydrogen-bond acceptors (Lipinski definition) is 3. The molecule has 6 heteroatoms. The summed E-state index contributed by atoms with van der Waals surface area (Å²) in [6.07, 6.45) is 1.01. The molecule has 0 radical (unpaired) electrons. The van der Waals surface area contributed by atoms with Gasteiger partial charge in [-0.05, 0) is 20.3 Å². The first-order valence-electron chi connectivity index (χ1n) is 5.65. The minimum absolute atomic E-state index is 0.0548. The number of amides is 2. The van der Waals surface area contributed by atoms with Crippen molar-refractivity contribution in [2.45, 2.75) is 39.3 Å². The second kappa shape index (κ2) is 4.57. The molecule has 2 heterocycles. The molecule has 0 bridgehead atoms. The number of carbonyl (C=O) groups is 2. The quantitative estimate of drug-likeness (QED) is 0.686. The van der Waals surface area contributed by atoms with Gasteiger partial charge in [0.15, 0.2) is 0 Å². The molecule has 3 N–H and O–H groups in total. The fourth-order valence-electron chi connectivity index (χ4n) is 1.94. The Kier molecular flexibility index (Phi) is 3.12. The molecule has 0 aromatic carbocycles. The highest BCUT2D eigenvalue weighted by Gasteiger charge is 2.26. The monoisotopic (exact) mass is 236 g/mol. The maximum atomic E-state index is 11.8. The highest BCUT2D eigenvalue weighted by Crippen LogP contribution is 2.10. The van der Waals surface area contributed by atoms with Crippen LogP contribution in [0.4, 0.5) is 0 Å². The Hall–Kier alpha value is -1.85. The third kappa shape index (κ3) is 2.46. The molecule has 1 atom stereocenters. The Bertz CT molecular complexity index is 433. The Labute approximate surface area is 99.2 Å². The van der Waals surface area contributed by atoms with Crippen LogP contribution in [0.25, 0.3) is 0 Å². The number of aryl methyl sites for hydroxylation is 2. The standard InChI is InChI=1S/C11H16N4O2/c1-6-8(7(2)15-14-6)5-12-11(17)9-3-4-10(16)13-9/h9H,3-5H2,1-2H3,(H,12,17)(H,13,16)(H,14,15). The summed E-state index contributed by atoms with van der Waals surface area (Å²) in [5.74, 6) is -0.184. The normalized spacial score (nSPS) is 19.2. The van der Waals surface area contributed by atoms with Crippen molar-refractivity contribution in [2.75, 3.05) is 0 Å². The van der Waals surface area contributed by atoms with Crippen LogP contribution in [0.5, 0.6) is 0 Å². The Morgan fingerprint density at radius 3 is 2.82 bits per heavy atom. The van der Waals surface area contributed by atoms with E-state index in [1.54, 1.807) is 0 Å². The van der Waals surface area contributed by atoms with Crippen molar-refractivity contribution in [3.05, 3.63) is 17.0 Å². The van der Waals surface area contributed by atoms with Crippen molar-refractivity contribution in [1.29, 1.82) is 0 Å². The summed E-state index contributed by atoms with van der Waals surface area (Å²) in [7, 11) is 0. The molecule has 92 valence electrons. The minimum Gasteiger partial charge on any atom is -0.350 e. The highest BCUT2D eigenvalue weighted by atomic mass is 16.2. The molecular formula is C11H16N4O2. The van der Waals surface area contributed by atoms with Crippen LogP contribution in [0.2, 0.25) is 0 Å². The molecule has 1 fully saturated rings. The summed E-state index contributed by atoms with van der Waals surface area (Å²) in [6.45, 7) is 4.25. The van der Waals surface area contributed by atoms with Gasteiger partial charge in [-0.3, -0.25) is 14.7 Å². The Balaban J connectivity index is 1.90. The van der Waals surface area contributed by atoms with E-state index >= 15 is 0 Å². The largest absolute Gasteiger partial charge is 0.350 e. The molecule has 1 saturated heterocycles. The van der Waals surface area contributed by atoms with E-state index in [2.05, 4.69) is 20.8 Å². The fourth-order valence-corrected chi connectivity index (χ4v) is 1.94. The molecule has 1 unspecified atom stereocenters. The van der Waals surface area contributed by atoms with Gasteiger partial charge in [-0.1, -0.05) is 0 Å². The number of rotatable bonds is 3. The molecule has 1 aromatic heterocycles. The molecule has 1 aliphatic rings.